The molecule has 1 saturated carbocycles. The minimum atomic E-state index is 0.618. The van der Waals surface area contributed by atoms with Gasteiger partial charge in [-0.1, -0.05) is 26.2 Å². The third kappa shape index (κ3) is 3.70. The zero-order chi connectivity index (χ0) is 12.1. The van der Waals surface area contributed by atoms with Gasteiger partial charge in [0.15, 0.2) is 0 Å². The molecular formula is C14H21BrN2. The van der Waals surface area contributed by atoms with Gasteiger partial charge in [0.1, 0.15) is 4.60 Å². The van der Waals surface area contributed by atoms with Gasteiger partial charge in [0.25, 0.3) is 0 Å². The van der Waals surface area contributed by atoms with Crippen LogP contribution in [0.25, 0.3) is 0 Å². The molecule has 0 amide bonds. The van der Waals surface area contributed by atoms with E-state index in [1.54, 1.807) is 0 Å². The van der Waals surface area contributed by atoms with Crippen LogP contribution in [0.5, 0.6) is 0 Å². The second kappa shape index (κ2) is 6.39. The summed E-state index contributed by atoms with van der Waals surface area (Å²) in [5.41, 5.74) is 1.13. The molecule has 1 aliphatic rings. The number of nitrogens with zero attached hydrogens (tertiary/aromatic N) is 1. The average Bonchev–Trinajstić information content (AvgIpc) is 2.57. The Bertz CT molecular complexity index is 354. The lowest BCUT2D eigenvalue weighted by Crippen LogP contribution is -2.18. The molecule has 1 aromatic rings. The number of rotatable bonds is 3. The maximum Gasteiger partial charge on any atom is 0.129 e. The standard InChI is InChI=1S/C14H21BrN2/c1-2-11-5-3-6-12(9-8-11)17-13-7-4-10-16-14(13)15/h4,7,10-12,17H,2-3,5-6,8-9H2,1H3. The van der Waals surface area contributed by atoms with E-state index in [-0.39, 0.29) is 0 Å². The normalized spacial score (nSPS) is 25.3. The van der Waals surface area contributed by atoms with E-state index >= 15 is 0 Å². The molecule has 1 aliphatic carbocycles. The molecule has 2 atom stereocenters. The van der Waals surface area contributed by atoms with E-state index in [9.17, 15) is 0 Å². The van der Waals surface area contributed by atoms with E-state index in [0.29, 0.717) is 6.04 Å². The topological polar surface area (TPSA) is 24.9 Å². The quantitative estimate of drug-likeness (QED) is 0.650. The minimum Gasteiger partial charge on any atom is -0.380 e. The molecule has 0 aromatic carbocycles. The fourth-order valence-electron chi connectivity index (χ4n) is 2.64. The van der Waals surface area contributed by atoms with Crippen LogP contribution in [0.1, 0.15) is 45.4 Å². The van der Waals surface area contributed by atoms with Crippen LogP contribution in [0.4, 0.5) is 5.69 Å². The molecule has 0 saturated heterocycles. The first kappa shape index (κ1) is 12.9. The van der Waals surface area contributed by atoms with E-state index in [1.807, 2.05) is 12.3 Å². The van der Waals surface area contributed by atoms with Crippen LogP contribution >= 0.6 is 15.9 Å². The van der Waals surface area contributed by atoms with Gasteiger partial charge in [-0.25, -0.2) is 4.98 Å². The van der Waals surface area contributed by atoms with Crippen molar-refractivity contribution in [3.63, 3.8) is 0 Å². The van der Waals surface area contributed by atoms with Crippen LogP contribution in [-0.4, -0.2) is 11.0 Å². The van der Waals surface area contributed by atoms with Gasteiger partial charge in [-0.05, 0) is 53.2 Å². The molecule has 1 fully saturated rings. The lowest BCUT2D eigenvalue weighted by atomic mass is 9.98. The molecule has 1 N–H and O–H groups in total. The predicted octanol–water partition coefficient (Wildman–Crippen LogP) is 4.61. The fraction of sp³-hybridized carbons (Fsp3) is 0.643. The van der Waals surface area contributed by atoms with Crippen molar-refractivity contribution in [3.8, 4) is 0 Å². The number of hydrogen-bond donors (Lipinski definition) is 1. The van der Waals surface area contributed by atoms with Crippen molar-refractivity contribution in [2.45, 2.75) is 51.5 Å². The van der Waals surface area contributed by atoms with E-state index in [4.69, 9.17) is 0 Å². The Morgan fingerprint density at radius 1 is 1.35 bits per heavy atom. The number of hydrogen-bond acceptors (Lipinski definition) is 2. The first-order valence-electron chi connectivity index (χ1n) is 6.66. The Labute approximate surface area is 112 Å². The van der Waals surface area contributed by atoms with Crippen molar-refractivity contribution in [1.29, 1.82) is 0 Å². The SMILES string of the molecule is CCC1CCCC(Nc2cccnc2Br)CC1. The minimum absolute atomic E-state index is 0.618. The summed E-state index contributed by atoms with van der Waals surface area (Å²) in [6.07, 6.45) is 9.86. The first-order chi connectivity index (χ1) is 8.29. The summed E-state index contributed by atoms with van der Waals surface area (Å²) >= 11 is 3.49. The smallest absolute Gasteiger partial charge is 0.129 e. The average molecular weight is 297 g/mol. The summed E-state index contributed by atoms with van der Waals surface area (Å²) in [6.45, 7) is 2.32. The van der Waals surface area contributed by atoms with Crippen molar-refractivity contribution < 1.29 is 0 Å². The van der Waals surface area contributed by atoms with Crippen LogP contribution in [0.3, 0.4) is 0 Å². The van der Waals surface area contributed by atoms with Gasteiger partial charge in [-0.2, -0.15) is 0 Å². The molecular weight excluding hydrogens is 276 g/mol. The van der Waals surface area contributed by atoms with Crippen LogP contribution < -0.4 is 5.32 Å². The van der Waals surface area contributed by atoms with Gasteiger partial charge in [0.2, 0.25) is 0 Å². The molecule has 0 spiro atoms. The van der Waals surface area contributed by atoms with Crippen LogP contribution in [0.15, 0.2) is 22.9 Å². The van der Waals surface area contributed by atoms with Crippen molar-refractivity contribution in [3.05, 3.63) is 22.9 Å². The Hall–Kier alpha value is -0.570. The summed E-state index contributed by atoms with van der Waals surface area (Å²) in [4.78, 5) is 4.25. The third-order valence-electron chi connectivity index (χ3n) is 3.78. The van der Waals surface area contributed by atoms with Gasteiger partial charge in [-0.3, -0.25) is 0 Å². The highest BCUT2D eigenvalue weighted by Crippen LogP contribution is 2.28. The molecule has 2 nitrogen and oxygen atoms in total. The summed E-state index contributed by atoms with van der Waals surface area (Å²) in [7, 11) is 0. The number of aromatic nitrogens is 1. The van der Waals surface area contributed by atoms with Gasteiger partial charge in [0.05, 0.1) is 5.69 Å². The molecule has 0 radical (unpaired) electrons. The number of nitrogens with one attached hydrogen (secondary N) is 1. The maximum absolute atomic E-state index is 4.25. The lowest BCUT2D eigenvalue weighted by Gasteiger charge is -2.18. The first-order valence-corrected chi connectivity index (χ1v) is 7.46. The summed E-state index contributed by atoms with van der Waals surface area (Å²) in [5, 5.41) is 3.62. The molecule has 2 rings (SSSR count). The second-order valence-electron chi connectivity index (χ2n) is 4.97. The lowest BCUT2D eigenvalue weighted by molar-refractivity contribution is 0.444. The monoisotopic (exact) mass is 296 g/mol. The number of halogens is 1. The van der Waals surface area contributed by atoms with Crippen molar-refractivity contribution in [1.82, 2.24) is 4.98 Å². The van der Waals surface area contributed by atoms with E-state index in [2.05, 4.69) is 39.2 Å². The Kier molecular flexibility index (Phi) is 4.84. The summed E-state index contributed by atoms with van der Waals surface area (Å²) in [6, 6.07) is 4.70. The van der Waals surface area contributed by atoms with Gasteiger partial charge in [0, 0.05) is 12.2 Å². The third-order valence-corrected chi connectivity index (χ3v) is 4.42. The largest absolute Gasteiger partial charge is 0.380 e. The molecule has 17 heavy (non-hydrogen) atoms. The highest BCUT2D eigenvalue weighted by molar-refractivity contribution is 9.10. The second-order valence-corrected chi connectivity index (χ2v) is 5.72. The van der Waals surface area contributed by atoms with E-state index < -0.39 is 0 Å². The predicted molar refractivity (Wildman–Crippen MR) is 76.2 cm³/mol. The number of pyridine rings is 1. The van der Waals surface area contributed by atoms with Gasteiger partial charge < -0.3 is 5.32 Å². The molecule has 2 unspecified atom stereocenters. The molecule has 1 aromatic heterocycles. The molecule has 94 valence electrons. The highest BCUT2D eigenvalue weighted by Gasteiger charge is 2.18. The highest BCUT2D eigenvalue weighted by atomic mass is 79.9. The molecule has 3 heteroatoms. The van der Waals surface area contributed by atoms with E-state index in [0.717, 1.165) is 16.2 Å². The summed E-state index contributed by atoms with van der Waals surface area (Å²) in [5.74, 6) is 0.944. The maximum atomic E-state index is 4.25. The van der Waals surface area contributed by atoms with Gasteiger partial charge >= 0.3 is 0 Å². The fourth-order valence-corrected chi connectivity index (χ4v) is 3.01. The van der Waals surface area contributed by atoms with Crippen LogP contribution in [-0.2, 0) is 0 Å². The number of anilines is 1. The van der Waals surface area contributed by atoms with Crippen molar-refractivity contribution >= 4 is 21.6 Å². The Balaban J connectivity index is 1.93. The van der Waals surface area contributed by atoms with Gasteiger partial charge in [-0.15, -0.1) is 0 Å². The zero-order valence-electron chi connectivity index (χ0n) is 10.5. The van der Waals surface area contributed by atoms with Crippen LogP contribution in [0, 0.1) is 5.92 Å². The Morgan fingerprint density at radius 2 is 2.24 bits per heavy atom. The molecule has 1 heterocycles. The van der Waals surface area contributed by atoms with E-state index in [1.165, 1.54) is 38.5 Å². The van der Waals surface area contributed by atoms with Crippen LogP contribution in [0.2, 0.25) is 0 Å². The van der Waals surface area contributed by atoms with Crippen molar-refractivity contribution in [2.24, 2.45) is 5.92 Å². The molecule has 0 aliphatic heterocycles. The molecule has 0 bridgehead atoms. The summed E-state index contributed by atoms with van der Waals surface area (Å²) < 4.78 is 0.927. The zero-order valence-corrected chi connectivity index (χ0v) is 12.0. The van der Waals surface area contributed by atoms with Crippen molar-refractivity contribution in [2.75, 3.05) is 5.32 Å². The Morgan fingerprint density at radius 3 is 3.00 bits per heavy atom.